The van der Waals surface area contributed by atoms with Crippen molar-refractivity contribution < 1.29 is 13.6 Å². The van der Waals surface area contributed by atoms with Gasteiger partial charge in [-0.15, -0.1) is 0 Å². The van der Waals surface area contributed by atoms with Crippen LogP contribution in [0.1, 0.15) is 19.8 Å². The zero-order valence-corrected chi connectivity index (χ0v) is 12.2. The van der Waals surface area contributed by atoms with Crippen molar-refractivity contribution in [1.29, 1.82) is 0 Å². The van der Waals surface area contributed by atoms with E-state index in [1.807, 2.05) is 4.90 Å². The molecule has 6 nitrogen and oxygen atoms in total. The topological polar surface area (TPSA) is 96.0 Å². The summed E-state index contributed by atoms with van der Waals surface area (Å²) < 4.78 is 23.9. The zero-order valence-electron chi connectivity index (χ0n) is 10.6. The third-order valence-electron chi connectivity index (χ3n) is 3.01. The van der Waals surface area contributed by atoms with Gasteiger partial charge in [-0.1, -0.05) is 12.1 Å². The van der Waals surface area contributed by atoms with Crippen LogP contribution in [-0.2, 0) is 9.84 Å². The summed E-state index contributed by atoms with van der Waals surface area (Å²) in [5, 5.41) is 11.0. The first-order chi connectivity index (χ1) is 8.51. The highest BCUT2D eigenvalue weighted by molar-refractivity contribution is 8.01. The zero-order chi connectivity index (χ0) is 13.6. The first-order valence-corrected chi connectivity index (χ1v) is 8.88. The summed E-state index contributed by atoms with van der Waals surface area (Å²) in [6.07, 6.45) is 1.19. The maximum absolute atomic E-state index is 12.0. The standard InChI is InChI=1S/C10H21N3O3S2/c1-2-18(15,16)10-8-17-7-6-13(10)5-3-4-9(11)12-14/h10,14H,2-8H2,1H3,(H2,11,12). The van der Waals surface area contributed by atoms with E-state index >= 15 is 0 Å². The maximum atomic E-state index is 12.0. The lowest BCUT2D eigenvalue weighted by atomic mass is 10.2. The van der Waals surface area contributed by atoms with Crippen LogP contribution in [0.3, 0.4) is 0 Å². The molecular weight excluding hydrogens is 274 g/mol. The molecule has 3 N–H and O–H groups in total. The second kappa shape index (κ2) is 7.20. The van der Waals surface area contributed by atoms with E-state index in [-0.39, 0.29) is 17.0 Å². The van der Waals surface area contributed by atoms with Gasteiger partial charge in [0.1, 0.15) is 11.2 Å². The Hall–Kier alpha value is -0.470. The van der Waals surface area contributed by atoms with Gasteiger partial charge in [0, 0.05) is 30.2 Å². The quantitative estimate of drug-likeness (QED) is 0.317. The highest BCUT2D eigenvalue weighted by Gasteiger charge is 2.32. The highest BCUT2D eigenvalue weighted by atomic mass is 32.2. The number of nitrogens with zero attached hydrogens (tertiary/aromatic N) is 2. The lowest BCUT2D eigenvalue weighted by molar-refractivity contribution is 0.267. The molecule has 1 fully saturated rings. The third kappa shape index (κ3) is 4.33. The van der Waals surface area contributed by atoms with Gasteiger partial charge in [0.15, 0.2) is 9.84 Å². The number of oxime groups is 1. The van der Waals surface area contributed by atoms with E-state index in [0.717, 1.165) is 12.3 Å². The molecular formula is C10H21N3O3S2. The molecule has 0 aromatic rings. The molecule has 106 valence electrons. The summed E-state index contributed by atoms with van der Waals surface area (Å²) in [4.78, 5) is 2.00. The van der Waals surface area contributed by atoms with Gasteiger partial charge in [0.05, 0.1) is 0 Å². The van der Waals surface area contributed by atoms with Crippen molar-refractivity contribution in [2.45, 2.75) is 25.1 Å². The molecule has 0 bridgehead atoms. The second-order valence-electron chi connectivity index (χ2n) is 4.21. The fraction of sp³-hybridized carbons (Fsp3) is 0.900. The molecule has 0 saturated carbocycles. The van der Waals surface area contributed by atoms with Crippen LogP contribution in [0.4, 0.5) is 0 Å². The van der Waals surface area contributed by atoms with Crippen LogP contribution in [0.5, 0.6) is 0 Å². The number of hydrogen-bond acceptors (Lipinski definition) is 6. The largest absolute Gasteiger partial charge is 0.409 e. The number of hydrogen-bond donors (Lipinski definition) is 2. The Balaban J connectivity index is 2.55. The molecule has 1 heterocycles. The molecule has 0 aromatic carbocycles. The molecule has 8 heteroatoms. The maximum Gasteiger partial charge on any atom is 0.166 e. The predicted molar refractivity (Wildman–Crippen MR) is 74.8 cm³/mol. The molecule has 1 saturated heterocycles. The average Bonchev–Trinajstić information content (AvgIpc) is 2.39. The number of nitrogens with two attached hydrogens (primary N) is 1. The predicted octanol–water partition coefficient (Wildman–Crippen LogP) is 0.323. The minimum Gasteiger partial charge on any atom is -0.409 e. The minimum absolute atomic E-state index is 0.176. The van der Waals surface area contributed by atoms with Gasteiger partial charge in [0.25, 0.3) is 0 Å². The Morgan fingerprint density at radius 2 is 2.33 bits per heavy atom. The second-order valence-corrected chi connectivity index (χ2v) is 7.81. The molecule has 1 atom stereocenters. The molecule has 0 radical (unpaired) electrons. The summed E-state index contributed by atoms with van der Waals surface area (Å²) in [7, 11) is -3.03. The summed E-state index contributed by atoms with van der Waals surface area (Å²) in [5.41, 5.74) is 5.39. The Labute approximate surface area is 113 Å². The number of rotatable bonds is 6. The van der Waals surface area contributed by atoms with Gasteiger partial charge in [0.2, 0.25) is 0 Å². The molecule has 0 aliphatic carbocycles. The molecule has 1 unspecified atom stereocenters. The molecule has 0 spiro atoms. The number of amidine groups is 1. The monoisotopic (exact) mass is 295 g/mol. The lowest BCUT2D eigenvalue weighted by Crippen LogP contribution is -2.48. The first kappa shape index (κ1) is 15.6. The van der Waals surface area contributed by atoms with Gasteiger partial charge in [-0.25, -0.2) is 8.42 Å². The van der Waals surface area contributed by atoms with E-state index < -0.39 is 9.84 Å². The molecule has 0 aromatic heterocycles. The number of thioether (sulfide) groups is 1. The van der Waals surface area contributed by atoms with Crippen LogP contribution in [0.2, 0.25) is 0 Å². The van der Waals surface area contributed by atoms with Crippen molar-refractivity contribution in [3.05, 3.63) is 0 Å². The summed E-state index contributed by atoms with van der Waals surface area (Å²) in [6.45, 7) is 3.13. The molecule has 0 amide bonds. The van der Waals surface area contributed by atoms with Crippen LogP contribution in [0.15, 0.2) is 5.16 Å². The van der Waals surface area contributed by atoms with Gasteiger partial charge < -0.3 is 10.9 Å². The minimum atomic E-state index is -3.03. The summed E-state index contributed by atoms with van der Waals surface area (Å²) in [5.74, 6) is 1.96. The van der Waals surface area contributed by atoms with Crippen LogP contribution in [-0.4, -0.2) is 60.1 Å². The smallest absolute Gasteiger partial charge is 0.166 e. The molecule has 1 rings (SSSR count). The van der Waals surface area contributed by atoms with Gasteiger partial charge >= 0.3 is 0 Å². The van der Waals surface area contributed by atoms with E-state index in [0.29, 0.717) is 25.1 Å². The van der Waals surface area contributed by atoms with E-state index in [4.69, 9.17) is 10.9 Å². The Morgan fingerprint density at radius 3 is 2.94 bits per heavy atom. The normalized spacial score (nSPS) is 23.2. The molecule has 1 aliphatic heterocycles. The highest BCUT2D eigenvalue weighted by Crippen LogP contribution is 2.21. The van der Waals surface area contributed by atoms with E-state index in [2.05, 4.69) is 5.16 Å². The van der Waals surface area contributed by atoms with Crippen LogP contribution >= 0.6 is 11.8 Å². The van der Waals surface area contributed by atoms with Crippen molar-refractivity contribution in [3.8, 4) is 0 Å². The van der Waals surface area contributed by atoms with Gasteiger partial charge in [-0.05, 0) is 13.0 Å². The Morgan fingerprint density at radius 1 is 1.61 bits per heavy atom. The Bertz CT molecular complexity index is 384. The van der Waals surface area contributed by atoms with Gasteiger partial charge in [-0.3, -0.25) is 4.90 Å². The van der Waals surface area contributed by atoms with Crippen LogP contribution in [0, 0.1) is 0 Å². The summed E-state index contributed by atoms with van der Waals surface area (Å²) >= 11 is 1.68. The van der Waals surface area contributed by atoms with E-state index in [9.17, 15) is 8.42 Å². The first-order valence-electron chi connectivity index (χ1n) is 6.01. The van der Waals surface area contributed by atoms with Crippen LogP contribution < -0.4 is 5.73 Å². The third-order valence-corrected chi connectivity index (χ3v) is 6.35. The SMILES string of the molecule is CCS(=O)(=O)C1CSCCN1CCCC(N)=NO. The van der Waals surface area contributed by atoms with Crippen molar-refractivity contribution in [1.82, 2.24) is 4.90 Å². The van der Waals surface area contributed by atoms with E-state index in [1.165, 1.54) is 0 Å². The Kier molecular flexibility index (Phi) is 6.24. The number of sulfone groups is 1. The lowest BCUT2D eigenvalue weighted by Gasteiger charge is -2.34. The summed E-state index contributed by atoms with van der Waals surface area (Å²) in [6, 6.07) is 0. The van der Waals surface area contributed by atoms with E-state index in [1.54, 1.807) is 18.7 Å². The average molecular weight is 295 g/mol. The van der Waals surface area contributed by atoms with Crippen molar-refractivity contribution >= 4 is 27.4 Å². The van der Waals surface area contributed by atoms with Gasteiger partial charge in [-0.2, -0.15) is 11.8 Å². The fourth-order valence-corrected chi connectivity index (χ4v) is 5.02. The fourth-order valence-electron chi connectivity index (χ4n) is 1.91. The van der Waals surface area contributed by atoms with Crippen molar-refractivity contribution in [3.63, 3.8) is 0 Å². The molecule has 18 heavy (non-hydrogen) atoms. The van der Waals surface area contributed by atoms with Crippen molar-refractivity contribution in [2.24, 2.45) is 10.9 Å². The molecule has 1 aliphatic rings. The van der Waals surface area contributed by atoms with Crippen molar-refractivity contribution in [2.75, 3.05) is 30.3 Å². The van der Waals surface area contributed by atoms with Crippen LogP contribution in [0.25, 0.3) is 0 Å².